The van der Waals surface area contributed by atoms with Crippen molar-refractivity contribution < 1.29 is 9.18 Å². The number of thiophene rings is 1. The molecule has 0 spiro atoms. The lowest BCUT2D eigenvalue weighted by molar-refractivity contribution is 0.102. The van der Waals surface area contributed by atoms with Crippen LogP contribution >= 0.6 is 11.3 Å². The highest BCUT2D eigenvalue weighted by Crippen LogP contribution is 2.31. The molecule has 4 heteroatoms. The van der Waals surface area contributed by atoms with E-state index in [4.69, 9.17) is 0 Å². The number of hydrogen-bond donors (Lipinski definition) is 1. The normalized spacial score (nSPS) is 10.8. The fourth-order valence-corrected chi connectivity index (χ4v) is 3.41. The summed E-state index contributed by atoms with van der Waals surface area (Å²) in [4.78, 5) is 13.0. The summed E-state index contributed by atoms with van der Waals surface area (Å²) in [6.45, 7) is 3.78. The van der Waals surface area contributed by atoms with E-state index in [2.05, 4.69) is 5.32 Å². The minimum absolute atomic E-state index is 0.219. The van der Waals surface area contributed by atoms with Crippen LogP contribution in [0.5, 0.6) is 0 Å². The molecule has 21 heavy (non-hydrogen) atoms. The lowest BCUT2D eigenvalue weighted by Crippen LogP contribution is -2.12. The molecule has 2 aromatic carbocycles. The molecule has 3 rings (SSSR count). The summed E-state index contributed by atoms with van der Waals surface area (Å²) in [5.41, 5.74) is 2.05. The zero-order chi connectivity index (χ0) is 15.0. The van der Waals surface area contributed by atoms with Crippen LogP contribution in [0.4, 0.5) is 10.1 Å². The third-order valence-corrected chi connectivity index (χ3v) is 4.69. The van der Waals surface area contributed by atoms with Crippen molar-refractivity contribution in [2.24, 2.45) is 0 Å². The van der Waals surface area contributed by atoms with Crippen molar-refractivity contribution in [1.82, 2.24) is 0 Å². The molecule has 0 unspecified atom stereocenters. The summed E-state index contributed by atoms with van der Waals surface area (Å²) in [6, 6.07) is 12.5. The molecule has 1 N–H and O–H groups in total. The van der Waals surface area contributed by atoms with Crippen molar-refractivity contribution in [3.63, 3.8) is 0 Å². The third-order valence-electron chi connectivity index (χ3n) is 3.42. The van der Waals surface area contributed by atoms with E-state index in [0.29, 0.717) is 4.88 Å². The average molecular weight is 299 g/mol. The Morgan fingerprint density at radius 1 is 1.14 bits per heavy atom. The first-order chi connectivity index (χ1) is 10.1. The van der Waals surface area contributed by atoms with Crippen LogP contribution in [0, 0.1) is 19.7 Å². The summed E-state index contributed by atoms with van der Waals surface area (Å²) in [7, 11) is 0. The van der Waals surface area contributed by atoms with E-state index in [9.17, 15) is 9.18 Å². The molecule has 0 aliphatic heterocycles. The molecule has 1 aromatic heterocycles. The van der Waals surface area contributed by atoms with Crippen LogP contribution < -0.4 is 5.32 Å². The number of aryl methyl sites for hydroxylation is 2. The maximum atomic E-state index is 13.7. The molecule has 0 aliphatic rings. The molecule has 0 saturated carbocycles. The predicted octanol–water partition coefficient (Wildman–Crippen LogP) is 4.91. The molecule has 0 radical (unpaired) electrons. The Morgan fingerprint density at radius 2 is 1.90 bits per heavy atom. The van der Waals surface area contributed by atoms with Gasteiger partial charge < -0.3 is 5.32 Å². The topological polar surface area (TPSA) is 29.1 Å². The summed E-state index contributed by atoms with van der Waals surface area (Å²) >= 11 is 1.43. The van der Waals surface area contributed by atoms with Gasteiger partial charge in [0.2, 0.25) is 0 Å². The summed E-state index contributed by atoms with van der Waals surface area (Å²) in [5, 5.41) is 3.73. The molecule has 1 amide bonds. The quantitative estimate of drug-likeness (QED) is 0.715. The van der Waals surface area contributed by atoms with Gasteiger partial charge in [-0.05, 0) is 48.6 Å². The van der Waals surface area contributed by atoms with E-state index in [1.54, 1.807) is 12.1 Å². The van der Waals surface area contributed by atoms with Gasteiger partial charge >= 0.3 is 0 Å². The van der Waals surface area contributed by atoms with Gasteiger partial charge in [0.05, 0.1) is 10.6 Å². The molecule has 0 atom stereocenters. The van der Waals surface area contributed by atoms with E-state index >= 15 is 0 Å². The molecule has 0 fully saturated rings. The Morgan fingerprint density at radius 3 is 2.67 bits per heavy atom. The number of fused-ring (bicyclic) bond motifs is 1. The van der Waals surface area contributed by atoms with Gasteiger partial charge in [0, 0.05) is 4.70 Å². The molecule has 3 aromatic rings. The van der Waals surface area contributed by atoms with Crippen molar-refractivity contribution in [1.29, 1.82) is 0 Å². The zero-order valence-corrected chi connectivity index (χ0v) is 12.6. The Bertz CT molecular complexity index is 838. The Kier molecular flexibility index (Phi) is 3.47. The molecular formula is C17H14FNOS. The fourth-order valence-electron chi connectivity index (χ4n) is 2.30. The number of halogens is 1. The second-order valence-electron chi connectivity index (χ2n) is 4.99. The number of carbonyl (C=O) groups is 1. The number of rotatable bonds is 2. The van der Waals surface area contributed by atoms with Gasteiger partial charge in [0.1, 0.15) is 5.82 Å². The van der Waals surface area contributed by atoms with Gasteiger partial charge in [-0.15, -0.1) is 11.3 Å². The maximum absolute atomic E-state index is 13.7. The Balaban J connectivity index is 1.97. The van der Waals surface area contributed by atoms with Crippen LogP contribution in [0.3, 0.4) is 0 Å². The van der Waals surface area contributed by atoms with E-state index in [-0.39, 0.29) is 11.6 Å². The minimum Gasteiger partial charge on any atom is -0.319 e. The molecule has 0 aliphatic carbocycles. The third kappa shape index (κ3) is 2.54. The van der Waals surface area contributed by atoms with Crippen LogP contribution in [0.1, 0.15) is 20.8 Å². The SMILES string of the molecule is Cc1ccc(F)c(NC(=O)c2sc3ccccc3c2C)c1. The van der Waals surface area contributed by atoms with Gasteiger partial charge in [-0.1, -0.05) is 24.3 Å². The van der Waals surface area contributed by atoms with Gasteiger partial charge in [0.15, 0.2) is 0 Å². The number of amides is 1. The molecule has 2 nitrogen and oxygen atoms in total. The van der Waals surface area contributed by atoms with Crippen molar-refractivity contribution in [2.45, 2.75) is 13.8 Å². The summed E-state index contributed by atoms with van der Waals surface area (Å²) in [5.74, 6) is -0.689. The highest BCUT2D eigenvalue weighted by Gasteiger charge is 2.16. The number of nitrogens with one attached hydrogen (secondary N) is 1. The van der Waals surface area contributed by atoms with E-state index in [1.807, 2.05) is 38.1 Å². The van der Waals surface area contributed by atoms with Gasteiger partial charge in [-0.25, -0.2) is 4.39 Å². The highest BCUT2D eigenvalue weighted by molar-refractivity contribution is 7.21. The first-order valence-electron chi connectivity index (χ1n) is 6.62. The summed E-state index contributed by atoms with van der Waals surface area (Å²) < 4.78 is 14.8. The predicted molar refractivity (Wildman–Crippen MR) is 85.7 cm³/mol. The van der Waals surface area contributed by atoms with Crippen molar-refractivity contribution in [3.8, 4) is 0 Å². The zero-order valence-electron chi connectivity index (χ0n) is 11.7. The van der Waals surface area contributed by atoms with E-state index in [1.165, 1.54) is 17.4 Å². The first-order valence-corrected chi connectivity index (χ1v) is 7.43. The minimum atomic E-state index is -0.423. The van der Waals surface area contributed by atoms with Crippen LogP contribution in [-0.4, -0.2) is 5.91 Å². The van der Waals surface area contributed by atoms with Crippen molar-refractivity contribution >= 4 is 33.0 Å². The van der Waals surface area contributed by atoms with Crippen LogP contribution in [0.15, 0.2) is 42.5 Å². The number of benzene rings is 2. The van der Waals surface area contributed by atoms with Gasteiger partial charge in [-0.3, -0.25) is 4.79 Å². The fraction of sp³-hybridized carbons (Fsp3) is 0.118. The average Bonchev–Trinajstić information content (AvgIpc) is 2.81. The number of hydrogen-bond acceptors (Lipinski definition) is 2. The number of anilines is 1. The lowest BCUT2D eigenvalue weighted by atomic mass is 10.1. The largest absolute Gasteiger partial charge is 0.319 e. The standard InChI is InChI=1S/C17H14FNOS/c1-10-7-8-13(18)14(9-10)19-17(20)16-11(2)12-5-3-4-6-15(12)21-16/h3-9H,1-2H3,(H,19,20). The van der Waals surface area contributed by atoms with E-state index < -0.39 is 5.82 Å². The first kappa shape index (κ1) is 13.8. The highest BCUT2D eigenvalue weighted by atomic mass is 32.1. The second-order valence-corrected chi connectivity index (χ2v) is 6.04. The Hall–Kier alpha value is -2.20. The monoisotopic (exact) mass is 299 g/mol. The molecule has 0 bridgehead atoms. The van der Waals surface area contributed by atoms with Crippen LogP contribution in [0.2, 0.25) is 0 Å². The van der Waals surface area contributed by atoms with Gasteiger partial charge in [0.25, 0.3) is 5.91 Å². The number of carbonyl (C=O) groups excluding carboxylic acids is 1. The lowest BCUT2D eigenvalue weighted by Gasteiger charge is -2.06. The van der Waals surface area contributed by atoms with Crippen molar-refractivity contribution in [2.75, 3.05) is 5.32 Å². The summed E-state index contributed by atoms with van der Waals surface area (Å²) in [6.07, 6.45) is 0. The Labute approximate surface area is 126 Å². The molecule has 106 valence electrons. The van der Waals surface area contributed by atoms with Crippen LogP contribution in [-0.2, 0) is 0 Å². The smallest absolute Gasteiger partial charge is 0.266 e. The maximum Gasteiger partial charge on any atom is 0.266 e. The van der Waals surface area contributed by atoms with Gasteiger partial charge in [-0.2, -0.15) is 0 Å². The molecular weight excluding hydrogens is 285 g/mol. The van der Waals surface area contributed by atoms with Crippen LogP contribution in [0.25, 0.3) is 10.1 Å². The molecule has 0 saturated heterocycles. The van der Waals surface area contributed by atoms with Crippen molar-refractivity contribution in [3.05, 3.63) is 64.3 Å². The second kappa shape index (κ2) is 5.30. The van der Waals surface area contributed by atoms with E-state index in [0.717, 1.165) is 21.2 Å². The molecule has 1 heterocycles.